The molecular weight excluding hydrogens is 188 g/mol. The monoisotopic (exact) mass is 204 g/mol. The summed E-state index contributed by atoms with van der Waals surface area (Å²) in [6.45, 7) is 0.950. The number of hydrogen-bond donors (Lipinski definition) is 0. The van der Waals surface area contributed by atoms with Crippen LogP contribution in [0.5, 0.6) is 0 Å². The van der Waals surface area contributed by atoms with Crippen LogP contribution in [0.4, 0.5) is 0 Å². The molecular formula is C9H16O5. The average Bonchev–Trinajstić information content (AvgIpc) is 2.63. The summed E-state index contributed by atoms with van der Waals surface area (Å²) >= 11 is 0. The van der Waals surface area contributed by atoms with Gasteiger partial charge in [0, 0.05) is 14.2 Å². The maximum absolute atomic E-state index is 5.34. The van der Waals surface area contributed by atoms with Gasteiger partial charge in [-0.2, -0.15) is 0 Å². The smallest absolute Gasteiger partial charge is 0.151 e. The normalized spacial score (nSPS) is 25.3. The lowest BCUT2D eigenvalue weighted by Crippen LogP contribution is -2.30. The van der Waals surface area contributed by atoms with Gasteiger partial charge in [0.15, 0.2) is 6.10 Å². The van der Waals surface area contributed by atoms with E-state index in [4.69, 9.17) is 23.7 Å². The fourth-order valence-electron chi connectivity index (χ4n) is 1.12. The van der Waals surface area contributed by atoms with E-state index in [-0.39, 0.29) is 25.8 Å². The Balaban J connectivity index is 2.16. The van der Waals surface area contributed by atoms with Crippen LogP contribution in [0.3, 0.4) is 0 Å². The molecule has 0 radical (unpaired) electrons. The van der Waals surface area contributed by atoms with Gasteiger partial charge in [-0.15, -0.1) is 0 Å². The first-order chi connectivity index (χ1) is 6.88. The highest BCUT2D eigenvalue weighted by molar-refractivity contribution is 4.97. The van der Waals surface area contributed by atoms with E-state index in [9.17, 15) is 0 Å². The second-order valence-electron chi connectivity index (χ2n) is 2.82. The van der Waals surface area contributed by atoms with Crippen molar-refractivity contribution in [1.29, 1.82) is 0 Å². The van der Waals surface area contributed by atoms with Crippen LogP contribution in [0.25, 0.3) is 0 Å². The first kappa shape index (κ1) is 11.5. The molecule has 1 aliphatic heterocycles. The maximum atomic E-state index is 5.34. The molecule has 1 heterocycles. The van der Waals surface area contributed by atoms with Crippen molar-refractivity contribution in [3.63, 3.8) is 0 Å². The van der Waals surface area contributed by atoms with Crippen molar-refractivity contribution in [2.45, 2.75) is 12.2 Å². The molecule has 0 unspecified atom stereocenters. The summed E-state index contributed by atoms with van der Waals surface area (Å²) in [6.07, 6.45) is 3.23. The zero-order chi connectivity index (χ0) is 10.2. The van der Waals surface area contributed by atoms with Gasteiger partial charge in [0.2, 0.25) is 0 Å². The van der Waals surface area contributed by atoms with Crippen LogP contribution in [0.2, 0.25) is 0 Å². The molecule has 0 aromatic rings. The van der Waals surface area contributed by atoms with Crippen LogP contribution in [0, 0.1) is 0 Å². The van der Waals surface area contributed by atoms with E-state index in [0.29, 0.717) is 6.61 Å². The van der Waals surface area contributed by atoms with Crippen LogP contribution in [-0.4, -0.2) is 46.6 Å². The van der Waals surface area contributed by atoms with Gasteiger partial charge in [-0.1, -0.05) is 0 Å². The molecule has 5 nitrogen and oxygen atoms in total. The van der Waals surface area contributed by atoms with Crippen molar-refractivity contribution in [3.8, 4) is 0 Å². The molecule has 1 rings (SSSR count). The first-order valence-electron chi connectivity index (χ1n) is 4.38. The minimum atomic E-state index is -0.111. The Morgan fingerprint density at radius 3 is 2.71 bits per heavy atom. The molecule has 0 saturated carbocycles. The maximum Gasteiger partial charge on any atom is 0.151 e. The van der Waals surface area contributed by atoms with Gasteiger partial charge < -0.3 is 23.7 Å². The molecule has 1 aliphatic rings. The predicted octanol–water partition coefficient (Wildman–Crippen LogP) is 0.508. The Kier molecular flexibility index (Phi) is 5.55. The molecule has 0 aliphatic carbocycles. The molecule has 0 bridgehead atoms. The highest BCUT2D eigenvalue weighted by atomic mass is 16.7. The van der Waals surface area contributed by atoms with Gasteiger partial charge in [-0.3, -0.25) is 0 Å². The molecule has 0 saturated heterocycles. The summed E-state index contributed by atoms with van der Waals surface area (Å²) in [5.41, 5.74) is 0. The van der Waals surface area contributed by atoms with Gasteiger partial charge in [0.1, 0.15) is 19.7 Å². The third-order valence-corrected chi connectivity index (χ3v) is 1.75. The van der Waals surface area contributed by atoms with E-state index < -0.39 is 0 Å². The molecule has 82 valence electrons. The Morgan fingerprint density at radius 2 is 2.00 bits per heavy atom. The van der Waals surface area contributed by atoms with E-state index in [0.717, 1.165) is 0 Å². The van der Waals surface area contributed by atoms with E-state index in [1.165, 1.54) is 0 Å². The molecule has 0 aromatic heterocycles. The second-order valence-corrected chi connectivity index (χ2v) is 2.82. The highest BCUT2D eigenvalue weighted by Gasteiger charge is 2.25. The van der Waals surface area contributed by atoms with Gasteiger partial charge in [0.05, 0.1) is 12.9 Å². The van der Waals surface area contributed by atoms with Gasteiger partial charge in [-0.05, 0) is 6.08 Å². The van der Waals surface area contributed by atoms with Crippen molar-refractivity contribution in [2.24, 2.45) is 0 Å². The number of methoxy groups -OCH3 is 2. The van der Waals surface area contributed by atoms with Crippen LogP contribution in [0.1, 0.15) is 0 Å². The molecule has 5 heteroatoms. The topological polar surface area (TPSA) is 46.2 Å². The van der Waals surface area contributed by atoms with Crippen LogP contribution >= 0.6 is 0 Å². The van der Waals surface area contributed by atoms with Crippen molar-refractivity contribution in [3.05, 3.63) is 12.3 Å². The predicted molar refractivity (Wildman–Crippen MR) is 48.6 cm³/mol. The van der Waals surface area contributed by atoms with E-state index in [1.54, 1.807) is 20.5 Å². The SMILES string of the molecule is COCOC[C@@H]1OC=C[C@@H]1OCOC. The lowest BCUT2D eigenvalue weighted by atomic mass is 10.2. The van der Waals surface area contributed by atoms with E-state index in [1.807, 2.05) is 6.08 Å². The summed E-state index contributed by atoms with van der Waals surface area (Å²) in [5, 5.41) is 0. The van der Waals surface area contributed by atoms with Crippen molar-refractivity contribution in [2.75, 3.05) is 34.4 Å². The quantitative estimate of drug-likeness (QED) is 0.446. The molecule has 0 spiro atoms. The second kappa shape index (κ2) is 6.78. The Morgan fingerprint density at radius 1 is 1.21 bits per heavy atom. The standard InChI is InChI=1S/C9H16O5/c1-10-6-12-5-9-8(3-4-13-9)14-7-11-2/h3-4,8-9H,5-7H2,1-2H3/t8-,9-/m0/s1. The minimum absolute atomic E-state index is 0.105. The zero-order valence-corrected chi connectivity index (χ0v) is 8.47. The fraction of sp³-hybridized carbons (Fsp3) is 0.778. The van der Waals surface area contributed by atoms with Crippen molar-refractivity contribution in [1.82, 2.24) is 0 Å². The van der Waals surface area contributed by atoms with Crippen molar-refractivity contribution >= 4 is 0 Å². The molecule has 0 fully saturated rings. The van der Waals surface area contributed by atoms with Crippen LogP contribution in [0.15, 0.2) is 12.3 Å². The highest BCUT2D eigenvalue weighted by Crippen LogP contribution is 2.14. The molecule has 0 N–H and O–H groups in total. The molecule has 2 atom stereocenters. The fourth-order valence-corrected chi connectivity index (χ4v) is 1.12. The Labute approximate surface area is 83.5 Å². The van der Waals surface area contributed by atoms with E-state index >= 15 is 0 Å². The lowest BCUT2D eigenvalue weighted by Gasteiger charge is -2.18. The lowest BCUT2D eigenvalue weighted by molar-refractivity contribution is -0.116. The number of ether oxygens (including phenoxy) is 5. The average molecular weight is 204 g/mol. The minimum Gasteiger partial charge on any atom is -0.493 e. The Hall–Kier alpha value is -0.620. The van der Waals surface area contributed by atoms with Gasteiger partial charge in [0.25, 0.3) is 0 Å². The molecule has 0 amide bonds. The summed E-state index contributed by atoms with van der Waals surface area (Å²) in [6, 6.07) is 0. The summed E-state index contributed by atoms with van der Waals surface area (Å²) in [7, 11) is 3.16. The first-order valence-corrected chi connectivity index (χ1v) is 4.38. The number of hydrogen-bond acceptors (Lipinski definition) is 5. The number of rotatable bonds is 7. The van der Waals surface area contributed by atoms with Crippen molar-refractivity contribution < 1.29 is 23.7 Å². The third kappa shape index (κ3) is 3.63. The van der Waals surface area contributed by atoms with Crippen LogP contribution in [-0.2, 0) is 23.7 Å². The third-order valence-electron chi connectivity index (χ3n) is 1.75. The van der Waals surface area contributed by atoms with Gasteiger partial charge >= 0.3 is 0 Å². The summed E-state index contributed by atoms with van der Waals surface area (Å²) in [4.78, 5) is 0. The summed E-state index contributed by atoms with van der Waals surface area (Å²) in [5.74, 6) is 0. The van der Waals surface area contributed by atoms with Crippen LogP contribution < -0.4 is 0 Å². The molecule has 0 aromatic carbocycles. The molecule has 14 heavy (non-hydrogen) atoms. The summed E-state index contributed by atoms with van der Waals surface area (Å²) < 4.78 is 25.3. The zero-order valence-electron chi connectivity index (χ0n) is 8.47. The largest absolute Gasteiger partial charge is 0.493 e. The Bertz CT molecular complexity index is 171. The van der Waals surface area contributed by atoms with Gasteiger partial charge in [-0.25, -0.2) is 0 Å². The van der Waals surface area contributed by atoms with E-state index in [2.05, 4.69) is 0 Å².